The summed E-state index contributed by atoms with van der Waals surface area (Å²) in [4.78, 5) is 43.2. The van der Waals surface area contributed by atoms with Gasteiger partial charge in [0.1, 0.15) is 37.1 Å². The molecule has 0 radical (unpaired) electrons. The lowest BCUT2D eigenvalue weighted by atomic mass is 10.0. The van der Waals surface area contributed by atoms with Gasteiger partial charge in [-0.3, -0.25) is 14.4 Å². The van der Waals surface area contributed by atoms with Gasteiger partial charge in [-0.1, -0.05) is 116 Å². The molecule has 0 amide bonds. The molecule has 0 heterocycles. The second-order valence-corrected chi connectivity index (χ2v) is 13.4. The maximum Gasteiger partial charge on any atom is 0.323 e. The number of ketones is 1. The fourth-order valence-corrected chi connectivity index (χ4v) is 3.99. The van der Waals surface area contributed by atoms with Crippen LogP contribution in [0.3, 0.4) is 0 Å². The Balaban J connectivity index is 0. The zero-order valence-electron chi connectivity index (χ0n) is 30.9. The topological polar surface area (TPSA) is 171 Å². The quantitative estimate of drug-likeness (QED) is 0.158. The molecule has 10 heteroatoms. The number of Topliss-reactive ketones (excluding diaryl/α,β-unsaturated/α-hetero) is 1. The van der Waals surface area contributed by atoms with E-state index in [1.165, 1.54) is 13.8 Å². The summed E-state index contributed by atoms with van der Waals surface area (Å²) in [6.07, 6.45) is 2.01. The van der Waals surface area contributed by atoms with Crippen molar-refractivity contribution in [2.45, 2.75) is 126 Å². The first-order valence-electron chi connectivity index (χ1n) is 16.7. The van der Waals surface area contributed by atoms with E-state index in [1.54, 1.807) is 0 Å². The molecule has 3 atom stereocenters. The molecule has 10 nitrogen and oxygen atoms in total. The molecule has 0 aliphatic carbocycles. The van der Waals surface area contributed by atoms with Gasteiger partial charge in [0.15, 0.2) is 0 Å². The number of nitrogens with one attached hydrogen (secondary N) is 1. The van der Waals surface area contributed by atoms with Gasteiger partial charge in [-0.15, -0.1) is 0 Å². The van der Waals surface area contributed by atoms with Crippen LogP contribution < -0.4 is 16.8 Å². The largest absolute Gasteiger partial charge is 0.480 e. The maximum atomic E-state index is 11.5. The normalized spacial score (nSPS) is 12.3. The number of carboxylic acid groups (broad SMARTS) is 1. The third kappa shape index (κ3) is 28.6. The molecule has 272 valence electrons. The van der Waals surface area contributed by atoms with E-state index in [1.807, 2.05) is 116 Å². The van der Waals surface area contributed by atoms with E-state index < -0.39 is 24.1 Å². The summed E-state index contributed by atoms with van der Waals surface area (Å²) in [5, 5.41) is 11.8. The zero-order valence-corrected chi connectivity index (χ0v) is 30.9. The van der Waals surface area contributed by atoms with Crippen molar-refractivity contribution in [2.24, 2.45) is 29.2 Å². The first-order valence-corrected chi connectivity index (χ1v) is 16.7. The highest BCUT2D eigenvalue weighted by molar-refractivity contribution is 5.76. The van der Waals surface area contributed by atoms with Gasteiger partial charge in [-0.05, 0) is 62.0 Å². The number of hydrogen-bond donors (Lipinski definition) is 4. The van der Waals surface area contributed by atoms with E-state index in [9.17, 15) is 19.2 Å². The molecule has 0 unspecified atom stereocenters. The fraction of sp³-hybridized carbons (Fsp3) is 0.579. The van der Waals surface area contributed by atoms with Crippen molar-refractivity contribution in [1.82, 2.24) is 5.32 Å². The van der Waals surface area contributed by atoms with Crippen LogP contribution in [0.4, 0.5) is 0 Å². The van der Waals surface area contributed by atoms with Crippen LogP contribution in [0, 0.1) is 17.8 Å². The van der Waals surface area contributed by atoms with Gasteiger partial charge >= 0.3 is 17.9 Å². The Bertz CT molecular complexity index is 1060. The number of carboxylic acids is 1. The molecular weight excluding hydrogens is 610 g/mol. The van der Waals surface area contributed by atoms with E-state index >= 15 is 0 Å². The van der Waals surface area contributed by atoms with Crippen molar-refractivity contribution < 1.29 is 33.8 Å². The standard InChI is InChI=1S/2C13H19NO2.C9H19NO2.C3H6O/c2*1-10(2)8-12(14)13(15)16-9-11-6-4-3-5-7-11;1-6(2)5-8(9(11)12)10-7(3)4;1-3(2)4/h2*3-7,10,12H,8-9,14H2,1-2H3;6-8,10H,5H2,1-4H3,(H,11,12);1-2H3/t2*12-;8-;/m000./s1. The minimum Gasteiger partial charge on any atom is -0.480 e. The number of ether oxygens (including phenoxy) is 2. The minimum absolute atomic E-state index is 0.167. The molecule has 48 heavy (non-hydrogen) atoms. The van der Waals surface area contributed by atoms with Crippen LogP contribution in [0.1, 0.15) is 99.6 Å². The van der Waals surface area contributed by atoms with Crippen LogP contribution in [0.25, 0.3) is 0 Å². The predicted octanol–water partition coefficient (Wildman–Crippen LogP) is 6.29. The van der Waals surface area contributed by atoms with Gasteiger partial charge < -0.3 is 36.2 Å². The third-order valence-corrected chi connectivity index (χ3v) is 6.04. The number of aliphatic carboxylic acids is 1. The van der Waals surface area contributed by atoms with Crippen molar-refractivity contribution in [2.75, 3.05) is 0 Å². The Morgan fingerprint density at radius 2 is 0.938 bits per heavy atom. The SMILES string of the molecule is CC(C)=O.CC(C)C[C@H](N)C(=O)OCc1ccccc1.CC(C)C[C@H](N)C(=O)OCc1ccccc1.CC(C)C[C@H](NC(C)C)C(=O)O. The highest BCUT2D eigenvalue weighted by Crippen LogP contribution is 2.08. The molecular formula is C38H63N3O7. The summed E-state index contributed by atoms with van der Waals surface area (Å²) in [5.41, 5.74) is 13.4. The van der Waals surface area contributed by atoms with Gasteiger partial charge in [0, 0.05) is 6.04 Å². The molecule has 2 aromatic rings. The summed E-state index contributed by atoms with van der Waals surface area (Å²) in [6, 6.07) is 18.0. The molecule has 0 fully saturated rings. The minimum atomic E-state index is -0.752. The number of esters is 2. The molecule has 0 aromatic heterocycles. The first-order chi connectivity index (χ1) is 22.3. The number of carbonyl (C=O) groups excluding carboxylic acids is 3. The van der Waals surface area contributed by atoms with Crippen LogP contribution in [0.2, 0.25) is 0 Å². The number of carbonyl (C=O) groups is 4. The molecule has 0 aliphatic heterocycles. The maximum absolute atomic E-state index is 11.5. The van der Waals surface area contributed by atoms with Crippen LogP contribution in [-0.2, 0) is 41.9 Å². The third-order valence-electron chi connectivity index (χ3n) is 6.04. The molecule has 0 aliphatic rings. The average Bonchev–Trinajstić information content (AvgIpc) is 2.98. The number of hydrogen-bond acceptors (Lipinski definition) is 9. The summed E-state index contributed by atoms with van der Waals surface area (Å²) in [6.45, 7) is 19.7. The second kappa shape index (κ2) is 27.4. The molecule has 0 saturated heterocycles. The Kier molecular flexibility index (Phi) is 26.5. The summed E-state index contributed by atoms with van der Waals surface area (Å²) < 4.78 is 10.3. The summed E-state index contributed by atoms with van der Waals surface area (Å²) in [5.74, 6) is -0.0107. The predicted molar refractivity (Wildman–Crippen MR) is 193 cm³/mol. The highest BCUT2D eigenvalue weighted by atomic mass is 16.5. The smallest absolute Gasteiger partial charge is 0.323 e. The summed E-state index contributed by atoms with van der Waals surface area (Å²) >= 11 is 0. The van der Waals surface area contributed by atoms with E-state index in [2.05, 4.69) is 5.32 Å². The van der Waals surface area contributed by atoms with Crippen molar-refractivity contribution in [3.63, 3.8) is 0 Å². The number of nitrogens with two attached hydrogens (primary N) is 2. The molecule has 0 saturated carbocycles. The second-order valence-electron chi connectivity index (χ2n) is 13.4. The van der Waals surface area contributed by atoms with Gasteiger partial charge in [-0.2, -0.15) is 0 Å². The van der Waals surface area contributed by atoms with Crippen molar-refractivity contribution in [1.29, 1.82) is 0 Å². The van der Waals surface area contributed by atoms with Gasteiger partial charge in [0.2, 0.25) is 0 Å². The van der Waals surface area contributed by atoms with Crippen LogP contribution in [-0.4, -0.2) is 53.0 Å². The Labute approximate surface area is 289 Å². The molecule has 2 aromatic carbocycles. The Morgan fingerprint density at radius 3 is 1.19 bits per heavy atom. The van der Waals surface area contributed by atoms with Crippen molar-refractivity contribution in [3.05, 3.63) is 71.8 Å². The highest BCUT2D eigenvalue weighted by Gasteiger charge is 2.19. The monoisotopic (exact) mass is 673 g/mol. The Hall–Kier alpha value is -3.60. The molecule has 0 spiro atoms. The van der Waals surface area contributed by atoms with Crippen LogP contribution >= 0.6 is 0 Å². The lowest BCUT2D eigenvalue weighted by Crippen LogP contribution is -2.41. The van der Waals surface area contributed by atoms with E-state index in [0.717, 1.165) is 11.1 Å². The van der Waals surface area contributed by atoms with Crippen LogP contribution in [0.5, 0.6) is 0 Å². The van der Waals surface area contributed by atoms with Gasteiger partial charge in [0.25, 0.3) is 0 Å². The first kappa shape index (κ1) is 46.5. The lowest BCUT2D eigenvalue weighted by molar-refractivity contribution is -0.147. The van der Waals surface area contributed by atoms with E-state index in [0.29, 0.717) is 50.2 Å². The Morgan fingerprint density at radius 1 is 0.625 bits per heavy atom. The average molecular weight is 674 g/mol. The van der Waals surface area contributed by atoms with Gasteiger partial charge in [-0.25, -0.2) is 0 Å². The number of rotatable bonds is 15. The van der Waals surface area contributed by atoms with E-state index in [4.69, 9.17) is 26.0 Å². The van der Waals surface area contributed by atoms with Crippen LogP contribution in [0.15, 0.2) is 60.7 Å². The molecule has 6 N–H and O–H groups in total. The van der Waals surface area contributed by atoms with Crippen molar-refractivity contribution >= 4 is 23.7 Å². The lowest BCUT2D eigenvalue weighted by Gasteiger charge is -2.18. The zero-order chi connectivity index (χ0) is 37.2. The van der Waals surface area contributed by atoms with E-state index in [-0.39, 0.29) is 23.8 Å². The van der Waals surface area contributed by atoms with Crippen molar-refractivity contribution in [3.8, 4) is 0 Å². The molecule has 2 rings (SSSR count). The van der Waals surface area contributed by atoms with Gasteiger partial charge in [0.05, 0.1) is 0 Å². The summed E-state index contributed by atoms with van der Waals surface area (Å²) in [7, 11) is 0. The number of benzene rings is 2. The fourth-order valence-electron chi connectivity index (χ4n) is 3.99. The molecule has 0 bridgehead atoms.